The number of sulfonamides is 1. The Balaban J connectivity index is 2.07. The molecule has 19 heavy (non-hydrogen) atoms. The lowest BCUT2D eigenvalue weighted by molar-refractivity contribution is 0.426. The summed E-state index contributed by atoms with van der Waals surface area (Å²) in [5.74, 6) is 0. The molecule has 0 aliphatic heterocycles. The van der Waals surface area contributed by atoms with E-state index in [-0.39, 0.29) is 10.9 Å². The van der Waals surface area contributed by atoms with Gasteiger partial charge in [-0.15, -0.1) is 0 Å². The predicted molar refractivity (Wildman–Crippen MR) is 78.4 cm³/mol. The maximum Gasteiger partial charge on any atom is 0.242 e. The van der Waals surface area contributed by atoms with Crippen molar-refractivity contribution < 1.29 is 8.42 Å². The SMILES string of the molecule is O=S(=O)(NC1CCCCCCC1)c1cncc(Br)c1. The highest BCUT2D eigenvalue weighted by Gasteiger charge is 2.21. The van der Waals surface area contributed by atoms with Gasteiger partial charge in [0.1, 0.15) is 4.90 Å². The number of pyridine rings is 1. The quantitative estimate of drug-likeness (QED) is 0.913. The van der Waals surface area contributed by atoms with E-state index in [1.807, 2.05) is 0 Å². The molecule has 1 aromatic rings. The normalized spacial score (nSPS) is 18.8. The molecule has 1 saturated carbocycles. The third-order valence-electron chi connectivity index (χ3n) is 3.42. The maximum atomic E-state index is 12.3. The summed E-state index contributed by atoms with van der Waals surface area (Å²) >= 11 is 3.25. The molecule has 0 saturated heterocycles. The van der Waals surface area contributed by atoms with E-state index in [0.717, 1.165) is 25.7 Å². The molecule has 0 amide bonds. The molecule has 1 aromatic heterocycles. The molecule has 1 aliphatic rings. The van der Waals surface area contributed by atoms with Crippen molar-refractivity contribution in [1.82, 2.24) is 9.71 Å². The zero-order valence-electron chi connectivity index (χ0n) is 10.8. The molecule has 4 nitrogen and oxygen atoms in total. The molecule has 0 aromatic carbocycles. The second kappa shape index (κ2) is 6.81. The lowest BCUT2D eigenvalue weighted by Crippen LogP contribution is -2.35. The van der Waals surface area contributed by atoms with Crippen molar-refractivity contribution in [2.24, 2.45) is 0 Å². The minimum atomic E-state index is -3.45. The van der Waals surface area contributed by atoms with Gasteiger partial charge in [-0.2, -0.15) is 0 Å². The van der Waals surface area contributed by atoms with Crippen LogP contribution in [0.1, 0.15) is 44.9 Å². The zero-order chi connectivity index (χ0) is 13.7. The van der Waals surface area contributed by atoms with E-state index in [1.165, 1.54) is 25.5 Å². The first-order chi connectivity index (χ1) is 9.08. The van der Waals surface area contributed by atoms with Crippen molar-refractivity contribution in [2.75, 3.05) is 0 Å². The van der Waals surface area contributed by atoms with Gasteiger partial charge in [0.2, 0.25) is 10.0 Å². The van der Waals surface area contributed by atoms with Crippen LogP contribution in [0.2, 0.25) is 0 Å². The molecule has 1 fully saturated rings. The Morgan fingerprint density at radius 2 is 1.74 bits per heavy atom. The summed E-state index contributed by atoms with van der Waals surface area (Å²) in [7, 11) is -3.45. The molecule has 0 bridgehead atoms. The van der Waals surface area contributed by atoms with Crippen LogP contribution >= 0.6 is 15.9 Å². The second-order valence-electron chi connectivity index (χ2n) is 5.00. The van der Waals surface area contributed by atoms with E-state index < -0.39 is 10.0 Å². The van der Waals surface area contributed by atoms with E-state index in [1.54, 1.807) is 12.3 Å². The van der Waals surface area contributed by atoms with Crippen LogP contribution in [-0.2, 0) is 10.0 Å². The summed E-state index contributed by atoms with van der Waals surface area (Å²) in [5, 5.41) is 0. The second-order valence-corrected chi connectivity index (χ2v) is 7.63. The van der Waals surface area contributed by atoms with Crippen molar-refractivity contribution in [3.05, 3.63) is 22.9 Å². The highest BCUT2D eigenvalue weighted by atomic mass is 79.9. The van der Waals surface area contributed by atoms with Crippen LogP contribution in [0.4, 0.5) is 0 Å². The van der Waals surface area contributed by atoms with Gasteiger partial charge in [-0.05, 0) is 34.8 Å². The molecule has 0 spiro atoms. The number of aromatic nitrogens is 1. The van der Waals surface area contributed by atoms with E-state index in [0.29, 0.717) is 4.47 Å². The standard InChI is InChI=1S/C13H19BrN2O2S/c14-11-8-13(10-15-9-11)19(17,18)16-12-6-4-2-1-3-5-7-12/h8-10,12,16H,1-7H2. The van der Waals surface area contributed by atoms with E-state index in [2.05, 4.69) is 25.6 Å². The summed E-state index contributed by atoms with van der Waals surface area (Å²) in [5.41, 5.74) is 0. The molecule has 0 radical (unpaired) electrons. The van der Waals surface area contributed by atoms with Gasteiger partial charge in [-0.1, -0.05) is 32.1 Å². The molecule has 6 heteroatoms. The largest absolute Gasteiger partial charge is 0.262 e. The lowest BCUT2D eigenvalue weighted by Gasteiger charge is -2.20. The van der Waals surface area contributed by atoms with Crippen LogP contribution in [-0.4, -0.2) is 19.4 Å². The van der Waals surface area contributed by atoms with E-state index in [9.17, 15) is 8.42 Å². The smallest absolute Gasteiger partial charge is 0.242 e. The van der Waals surface area contributed by atoms with Gasteiger partial charge in [0.15, 0.2) is 0 Å². The first-order valence-corrected chi connectivity index (χ1v) is 8.98. The van der Waals surface area contributed by atoms with Gasteiger partial charge < -0.3 is 0 Å². The molecule has 106 valence electrons. The monoisotopic (exact) mass is 346 g/mol. The van der Waals surface area contributed by atoms with Crippen LogP contribution in [0.15, 0.2) is 27.8 Å². The first kappa shape index (κ1) is 14.9. The summed E-state index contributed by atoms with van der Waals surface area (Å²) in [4.78, 5) is 4.14. The van der Waals surface area contributed by atoms with Crippen LogP contribution in [0.5, 0.6) is 0 Å². The Bertz CT molecular complexity index is 511. The average molecular weight is 347 g/mol. The van der Waals surface area contributed by atoms with E-state index in [4.69, 9.17) is 0 Å². The number of rotatable bonds is 3. The van der Waals surface area contributed by atoms with Crippen LogP contribution in [0.3, 0.4) is 0 Å². The topological polar surface area (TPSA) is 59.1 Å². The number of hydrogen-bond donors (Lipinski definition) is 1. The minimum absolute atomic E-state index is 0.0595. The van der Waals surface area contributed by atoms with Crippen molar-refractivity contribution >= 4 is 26.0 Å². The van der Waals surface area contributed by atoms with Crippen LogP contribution in [0, 0.1) is 0 Å². The molecule has 1 aliphatic carbocycles. The predicted octanol–water partition coefficient (Wildman–Crippen LogP) is 3.24. The highest BCUT2D eigenvalue weighted by molar-refractivity contribution is 9.10. The molecule has 2 rings (SSSR count). The van der Waals surface area contributed by atoms with Crippen molar-refractivity contribution in [2.45, 2.75) is 55.9 Å². The van der Waals surface area contributed by atoms with E-state index >= 15 is 0 Å². The van der Waals surface area contributed by atoms with Crippen LogP contribution in [0.25, 0.3) is 0 Å². The maximum absolute atomic E-state index is 12.3. The molecule has 1 N–H and O–H groups in total. The average Bonchev–Trinajstić information content (AvgIpc) is 2.32. The molecule has 0 atom stereocenters. The third kappa shape index (κ3) is 4.54. The Morgan fingerprint density at radius 1 is 1.11 bits per heavy atom. The first-order valence-electron chi connectivity index (χ1n) is 6.71. The molecule has 1 heterocycles. The number of nitrogens with zero attached hydrogens (tertiary/aromatic N) is 1. The Labute approximate surface area is 123 Å². The summed E-state index contributed by atoms with van der Waals surface area (Å²) in [6.45, 7) is 0. The Kier molecular flexibility index (Phi) is 5.36. The Morgan fingerprint density at radius 3 is 2.37 bits per heavy atom. The van der Waals surface area contributed by atoms with Gasteiger partial charge >= 0.3 is 0 Å². The molecular weight excluding hydrogens is 328 g/mol. The fraction of sp³-hybridized carbons (Fsp3) is 0.615. The van der Waals surface area contributed by atoms with Crippen molar-refractivity contribution in [3.8, 4) is 0 Å². The van der Waals surface area contributed by atoms with Gasteiger partial charge in [-0.25, -0.2) is 13.1 Å². The summed E-state index contributed by atoms with van der Waals surface area (Å²) in [6, 6.07) is 1.64. The van der Waals surface area contributed by atoms with Gasteiger partial charge in [0, 0.05) is 22.9 Å². The van der Waals surface area contributed by atoms with Crippen molar-refractivity contribution in [1.29, 1.82) is 0 Å². The number of nitrogens with one attached hydrogen (secondary N) is 1. The number of halogens is 1. The van der Waals surface area contributed by atoms with Crippen LogP contribution < -0.4 is 4.72 Å². The lowest BCUT2D eigenvalue weighted by atomic mass is 9.97. The fourth-order valence-electron chi connectivity index (χ4n) is 2.40. The zero-order valence-corrected chi connectivity index (χ0v) is 13.2. The highest BCUT2D eigenvalue weighted by Crippen LogP contribution is 2.20. The van der Waals surface area contributed by atoms with Gasteiger partial charge in [0.25, 0.3) is 0 Å². The van der Waals surface area contributed by atoms with Crippen molar-refractivity contribution in [3.63, 3.8) is 0 Å². The minimum Gasteiger partial charge on any atom is -0.262 e. The summed E-state index contributed by atoms with van der Waals surface area (Å²) < 4.78 is 28.0. The fourth-order valence-corrected chi connectivity index (χ4v) is 4.21. The summed E-state index contributed by atoms with van der Waals surface area (Å²) in [6.07, 6.45) is 10.7. The third-order valence-corrected chi connectivity index (χ3v) is 5.34. The number of hydrogen-bond acceptors (Lipinski definition) is 3. The molecule has 0 unspecified atom stereocenters. The Hall–Kier alpha value is -0.460. The van der Waals surface area contributed by atoms with Gasteiger partial charge in [-0.3, -0.25) is 4.98 Å². The van der Waals surface area contributed by atoms with Gasteiger partial charge in [0.05, 0.1) is 0 Å². The molecular formula is C13H19BrN2O2S.